The quantitative estimate of drug-likeness (QED) is 0.468. The van der Waals surface area contributed by atoms with Crippen LogP contribution in [0.3, 0.4) is 0 Å². The largest absolute Gasteiger partial charge is 0.435 e. The molecule has 1 amide bonds. The third kappa shape index (κ3) is 6.74. The lowest BCUT2D eigenvalue weighted by molar-refractivity contribution is -0.0498. The molecule has 0 bridgehead atoms. The monoisotopic (exact) mass is 494 g/mol. The van der Waals surface area contributed by atoms with Crippen LogP contribution in [0.1, 0.15) is 21.5 Å². The van der Waals surface area contributed by atoms with Crippen molar-refractivity contribution in [2.24, 2.45) is 0 Å². The van der Waals surface area contributed by atoms with Gasteiger partial charge in [-0.3, -0.25) is 4.79 Å². The van der Waals surface area contributed by atoms with Gasteiger partial charge in [0, 0.05) is 25.7 Å². The van der Waals surface area contributed by atoms with Gasteiger partial charge < -0.3 is 9.64 Å². The Kier molecular flexibility index (Phi) is 8.01. The Morgan fingerprint density at radius 3 is 2.33 bits per heavy atom. The van der Waals surface area contributed by atoms with E-state index in [1.807, 2.05) is 6.07 Å². The predicted molar refractivity (Wildman–Crippen MR) is 121 cm³/mol. The number of sulfonamides is 1. The fourth-order valence-electron chi connectivity index (χ4n) is 3.04. The molecule has 0 spiro atoms. The molecule has 3 aromatic rings. The number of rotatable bonds is 9. The van der Waals surface area contributed by atoms with E-state index in [0.29, 0.717) is 5.56 Å². The Bertz CT molecular complexity index is 1210. The van der Waals surface area contributed by atoms with Crippen LogP contribution in [0.25, 0.3) is 0 Å². The number of alkyl halides is 2. The molecule has 0 saturated carbocycles. The number of hydrogen-bond donors (Lipinski definition) is 1. The van der Waals surface area contributed by atoms with E-state index in [4.69, 9.17) is 11.6 Å². The van der Waals surface area contributed by atoms with Crippen LogP contribution in [0.5, 0.6) is 5.75 Å². The first-order valence-electron chi connectivity index (χ1n) is 9.78. The first kappa shape index (κ1) is 24.6. The van der Waals surface area contributed by atoms with E-state index in [1.165, 1.54) is 35.2 Å². The second-order valence-corrected chi connectivity index (χ2v) is 9.28. The van der Waals surface area contributed by atoms with Crippen LogP contribution < -0.4 is 9.46 Å². The maximum Gasteiger partial charge on any atom is 0.387 e. The summed E-state index contributed by atoms with van der Waals surface area (Å²) in [5.74, 6) is -0.419. The summed E-state index contributed by atoms with van der Waals surface area (Å²) in [5.41, 5.74) is 1.59. The topological polar surface area (TPSA) is 75.7 Å². The molecule has 174 valence electrons. The Labute approximate surface area is 195 Å². The van der Waals surface area contributed by atoms with Gasteiger partial charge in [-0.15, -0.1) is 0 Å². The van der Waals surface area contributed by atoms with Crippen molar-refractivity contribution in [1.82, 2.24) is 9.62 Å². The Balaban J connectivity index is 1.72. The lowest BCUT2D eigenvalue weighted by Gasteiger charge is -2.18. The molecule has 0 atom stereocenters. The van der Waals surface area contributed by atoms with E-state index in [2.05, 4.69) is 9.46 Å². The summed E-state index contributed by atoms with van der Waals surface area (Å²) in [4.78, 5) is 14.0. The van der Waals surface area contributed by atoms with Crippen molar-refractivity contribution in [3.05, 3.63) is 94.5 Å². The van der Waals surface area contributed by atoms with Crippen molar-refractivity contribution >= 4 is 27.5 Å². The summed E-state index contributed by atoms with van der Waals surface area (Å²) in [6, 6.07) is 18.9. The Morgan fingerprint density at radius 2 is 1.70 bits per heavy atom. The maximum absolute atomic E-state index is 12.9. The molecule has 0 heterocycles. The average molecular weight is 495 g/mol. The lowest BCUT2D eigenvalue weighted by Crippen LogP contribution is -2.27. The van der Waals surface area contributed by atoms with Crippen LogP contribution in [0, 0.1) is 0 Å². The molecule has 0 aliphatic heterocycles. The van der Waals surface area contributed by atoms with E-state index < -0.39 is 22.5 Å². The molecule has 33 heavy (non-hydrogen) atoms. The normalized spacial score (nSPS) is 11.4. The van der Waals surface area contributed by atoms with Gasteiger partial charge >= 0.3 is 6.61 Å². The number of nitrogens with zero attached hydrogens (tertiary/aromatic N) is 1. The number of halogens is 3. The fraction of sp³-hybridized carbons (Fsp3) is 0.174. The van der Waals surface area contributed by atoms with Gasteiger partial charge in [0.05, 0.1) is 5.02 Å². The third-order valence-corrected chi connectivity index (χ3v) is 6.57. The van der Waals surface area contributed by atoms with Gasteiger partial charge in [-0.05, 0) is 41.5 Å². The fourth-order valence-corrected chi connectivity index (χ4v) is 4.58. The van der Waals surface area contributed by atoms with Crippen LogP contribution in [-0.2, 0) is 23.1 Å². The van der Waals surface area contributed by atoms with Crippen LogP contribution in [0.15, 0.2) is 77.7 Å². The highest BCUT2D eigenvalue weighted by Gasteiger charge is 2.21. The molecule has 0 aliphatic carbocycles. The number of amides is 1. The summed E-state index contributed by atoms with van der Waals surface area (Å²) in [6.07, 6.45) is 0. The molecule has 6 nitrogen and oxygen atoms in total. The summed E-state index contributed by atoms with van der Waals surface area (Å²) in [7, 11) is -2.43. The van der Waals surface area contributed by atoms with Crippen molar-refractivity contribution in [2.75, 3.05) is 7.05 Å². The van der Waals surface area contributed by atoms with Crippen molar-refractivity contribution in [1.29, 1.82) is 0 Å². The molecule has 0 aromatic heterocycles. The number of carbonyl (C=O) groups is 1. The summed E-state index contributed by atoms with van der Waals surface area (Å²) in [5, 5.41) is -0.00983. The molecule has 3 rings (SSSR count). The van der Waals surface area contributed by atoms with Crippen LogP contribution in [-0.4, -0.2) is 32.9 Å². The highest BCUT2D eigenvalue weighted by atomic mass is 35.5. The second kappa shape index (κ2) is 10.7. The predicted octanol–water partition coefficient (Wildman–Crippen LogP) is 4.69. The number of benzene rings is 3. The van der Waals surface area contributed by atoms with Gasteiger partial charge in [0.1, 0.15) is 10.6 Å². The summed E-state index contributed by atoms with van der Waals surface area (Å²) < 4.78 is 56.9. The van der Waals surface area contributed by atoms with Gasteiger partial charge in [0.15, 0.2) is 0 Å². The Morgan fingerprint density at radius 1 is 1.03 bits per heavy atom. The molecule has 0 fully saturated rings. The molecule has 10 heteroatoms. The number of ether oxygens (including phenoxy) is 1. The van der Waals surface area contributed by atoms with Crippen molar-refractivity contribution in [3.8, 4) is 5.75 Å². The Hall–Kier alpha value is -3.01. The van der Waals surface area contributed by atoms with Gasteiger partial charge in [0.2, 0.25) is 10.0 Å². The molecular formula is C23H21ClF2N2O4S. The smallest absolute Gasteiger partial charge is 0.387 e. The zero-order chi connectivity index (χ0) is 24.0. The minimum absolute atomic E-state index is 0.00983. The zero-order valence-corrected chi connectivity index (χ0v) is 19.1. The van der Waals surface area contributed by atoms with Crippen molar-refractivity contribution < 1.29 is 26.7 Å². The summed E-state index contributed by atoms with van der Waals surface area (Å²) >= 11 is 6.12. The van der Waals surface area contributed by atoms with E-state index in [1.54, 1.807) is 43.4 Å². The first-order valence-corrected chi connectivity index (χ1v) is 11.6. The van der Waals surface area contributed by atoms with E-state index in [0.717, 1.165) is 5.56 Å². The number of carbonyl (C=O) groups excluding carboxylic acids is 1. The molecule has 3 aromatic carbocycles. The molecule has 0 saturated heterocycles. The molecular weight excluding hydrogens is 474 g/mol. The van der Waals surface area contributed by atoms with Gasteiger partial charge in [-0.1, -0.05) is 54.1 Å². The molecule has 0 aliphatic rings. The lowest BCUT2D eigenvalue weighted by atomic mass is 10.1. The highest BCUT2D eigenvalue weighted by Crippen LogP contribution is 2.24. The zero-order valence-electron chi connectivity index (χ0n) is 17.5. The van der Waals surface area contributed by atoms with Gasteiger partial charge in [-0.25, -0.2) is 13.1 Å². The second-order valence-electron chi connectivity index (χ2n) is 7.14. The maximum atomic E-state index is 12.9. The highest BCUT2D eigenvalue weighted by molar-refractivity contribution is 7.89. The minimum atomic E-state index is -3.97. The molecule has 0 unspecified atom stereocenters. The standard InChI is InChI=1S/C23H21ClF2N2O4S/c1-28(15-17-7-10-19(11-8-17)32-23(25)26)22(29)18-9-12-20(24)21(13-18)33(30,31)27-14-16-5-3-2-4-6-16/h2-13,23,27H,14-15H2,1H3. The number of nitrogens with one attached hydrogen (secondary N) is 1. The van der Waals surface area contributed by atoms with Gasteiger partial charge in [-0.2, -0.15) is 8.78 Å². The average Bonchev–Trinajstić information content (AvgIpc) is 2.79. The first-order chi connectivity index (χ1) is 15.7. The van der Waals surface area contributed by atoms with E-state index >= 15 is 0 Å². The molecule has 1 N–H and O–H groups in total. The summed E-state index contributed by atoms with van der Waals surface area (Å²) in [6.45, 7) is -2.68. The molecule has 0 radical (unpaired) electrons. The van der Waals surface area contributed by atoms with Crippen molar-refractivity contribution in [2.45, 2.75) is 24.6 Å². The van der Waals surface area contributed by atoms with Crippen LogP contribution >= 0.6 is 11.6 Å². The van der Waals surface area contributed by atoms with Crippen molar-refractivity contribution in [3.63, 3.8) is 0 Å². The van der Waals surface area contributed by atoms with Gasteiger partial charge in [0.25, 0.3) is 5.91 Å². The minimum Gasteiger partial charge on any atom is -0.435 e. The van der Waals surface area contributed by atoms with Crippen LogP contribution in [0.2, 0.25) is 5.02 Å². The number of hydrogen-bond acceptors (Lipinski definition) is 4. The van der Waals surface area contributed by atoms with E-state index in [-0.39, 0.29) is 34.3 Å². The van der Waals surface area contributed by atoms with Crippen LogP contribution in [0.4, 0.5) is 8.78 Å². The SMILES string of the molecule is CN(Cc1ccc(OC(F)F)cc1)C(=O)c1ccc(Cl)c(S(=O)(=O)NCc2ccccc2)c1. The van der Waals surface area contributed by atoms with E-state index in [9.17, 15) is 22.0 Å². The third-order valence-electron chi connectivity index (χ3n) is 4.69.